The van der Waals surface area contributed by atoms with E-state index in [0.717, 1.165) is 49.1 Å². The maximum absolute atomic E-state index is 5.50. The van der Waals surface area contributed by atoms with Crippen LogP contribution in [0, 0.1) is 0 Å². The third-order valence-electron chi connectivity index (χ3n) is 4.97. The summed E-state index contributed by atoms with van der Waals surface area (Å²) in [6.07, 6.45) is 5.85. The number of rotatable bonds is 4. The minimum absolute atomic E-state index is 0.126. The van der Waals surface area contributed by atoms with E-state index >= 15 is 0 Å². The van der Waals surface area contributed by atoms with Crippen molar-refractivity contribution < 1.29 is 4.74 Å². The van der Waals surface area contributed by atoms with Crippen LogP contribution in [0.15, 0.2) is 42.7 Å². The molecule has 1 aromatic carbocycles. The second-order valence-electron chi connectivity index (χ2n) is 8.10. The molecule has 0 aliphatic carbocycles. The van der Waals surface area contributed by atoms with Crippen molar-refractivity contribution in [1.82, 2.24) is 24.3 Å². The Morgan fingerprint density at radius 2 is 1.85 bits per heavy atom. The number of imidazole rings is 1. The quantitative estimate of drug-likeness (QED) is 0.705. The summed E-state index contributed by atoms with van der Waals surface area (Å²) in [5.74, 6) is 3.26. The first-order chi connectivity index (χ1) is 13.0. The van der Waals surface area contributed by atoms with E-state index in [1.165, 1.54) is 0 Å². The molecule has 6 heteroatoms. The van der Waals surface area contributed by atoms with Crippen molar-refractivity contribution in [3.8, 4) is 11.4 Å². The van der Waals surface area contributed by atoms with Crippen molar-refractivity contribution in [1.29, 1.82) is 0 Å². The molecule has 0 atom stereocenters. The lowest BCUT2D eigenvalue weighted by atomic mass is 10.00. The Morgan fingerprint density at radius 3 is 2.56 bits per heavy atom. The largest absolute Gasteiger partial charge is 0.381 e. The average Bonchev–Trinajstić information content (AvgIpc) is 3.30. The highest BCUT2D eigenvalue weighted by Crippen LogP contribution is 2.27. The fourth-order valence-corrected chi connectivity index (χ4v) is 3.57. The lowest BCUT2D eigenvalue weighted by Crippen LogP contribution is -2.26. The van der Waals surface area contributed by atoms with Gasteiger partial charge in [0.1, 0.15) is 11.6 Å². The maximum atomic E-state index is 5.50. The first kappa shape index (κ1) is 17.9. The highest BCUT2D eigenvalue weighted by Gasteiger charge is 2.26. The molecule has 142 valence electrons. The van der Waals surface area contributed by atoms with Crippen LogP contribution in [0.1, 0.15) is 51.2 Å². The number of ether oxygens (including phenoxy) is 1. The molecule has 0 N–H and O–H groups in total. The number of nitrogens with zero attached hydrogens (tertiary/aromatic N) is 5. The van der Waals surface area contributed by atoms with E-state index in [9.17, 15) is 0 Å². The fourth-order valence-electron chi connectivity index (χ4n) is 3.57. The molecule has 0 unspecified atom stereocenters. The molecule has 6 nitrogen and oxygen atoms in total. The highest BCUT2D eigenvalue weighted by molar-refractivity contribution is 5.55. The van der Waals surface area contributed by atoms with Crippen LogP contribution in [0.4, 0.5) is 0 Å². The van der Waals surface area contributed by atoms with Gasteiger partial charge in [-0.3, -0.25) is 0 Å². The number of hydrogen-bond donors (Lipinski definition) is 0. The summed E-state index contributed by atoms with van der Waals surface area (Å²) in [4.78, 5) is 9.52. The Bertz CT molecular complexity index is 885. The molecule has 3 heterocycles. The minimum atomic E-state index is -0.126. The van der Waals surface area contributed by atoms with Crippen molar-refractivity contribution in [3.63, 3.8) is 0 Å². The second kappa shape index (κ2) is 7.27. The summed E-state index contributed by atoms with van der Waals surface area (Å²) in [5, 5.41) is 4.90. The molecule has 2 aromatic heterocycles. The third kappa shape index (κ3) is 3.81. The van der Waals surface area contributed by atoms with Gasteiger partial charge in [0.05, 0.1) is 12.1 Å². The first-order valence-electron chi connectivity index (χ1n) is 9.63. The molecule has 0 amide bonds. The molecule has 1 aliphatic heterocycles. The standard InChI is InChI=1S/C21H27N5O/c1-21(2,3)26-18(23-19(24-26)16-9-13-27-14-10-16)15-25-12-11-22-20(25)17-7-5-4-6-8-17/h4-8,11-12,16H,9-10,13-15H2,1-3H3. The van der Waals surface area contributed by atoms with Gasteiger partial charge in [-0.2, -0.15) is 5.10 Å². The fraction of sp³-hybridized carbons (Fsp3) is 0.476. The zero-order valence-corrected chi connectivity index (χ0v) is 16.3. The van der Waals surface area contributed by atoms with Crippen molar-refractivity contribution in [2.75, 3.05) is 13.2 Å². The summed E-state index contributed by atoms with van der Waals surface area (Å²) in [6.45, 7) is 8.76. The molecule has 4 rings (SSSR count). The van der Waals surface area contributed by atoms with Crippen molar-refractivity contribution in [3.05, 3.63) is 54.4 Å². The van der Waals surface area contributed by atoms with Crippen LogP contribution < -0.4 is 0 Å². The van der Waals surface area contributed by atoms with Gasteiger partial charge in [0, 0.05) is 37.1 Å². The topological polar surface area (TPSA) is 57.8 Å². The molecule has 0 saturated carbocycles. The second-order valence-corrected chi connectivity index (χ2v) is 8.10. The zero-order valence-electron chi connectivity index (χ0n) is 16.3. The van der Waals surface area contributed by atoms with Crippen LogP contribution in [0.3, 0.4) is 0 Å². The van der Waals surface area contributed by atoms with E-state index in [4.69, 9.17) is 14.8 Å². The van der Waals surface area contributed by atoms with Gasteiger partial charge in [-0.15, -0.1) is 0 Å². The van der Waals surface area contributed by atoms with Gasteiger partial charge in [-0.1, -0.05) is 30.3 Å². The van der Waals surface area contributed by atoms with Crippen molar-refractivity contribution in [2.24, 2.45) is 0 Å². The van der Waals surface area contributed by atoms with E-state index in [-0.39, 0.29) is 5.54 Å². The van der Waals surface area contributed by atoms with Crippen LogP contribution in [0.25, 0.3) is 11.4 Å². The highest BCUT2D eigenvalue weighted by atomic mass is 16.5. The van der Waals surface area contributed by atoms with Gasteiger partial charge < -0.3 is 9.30 Å². The van der Waals surface area contributed by atoms with Crippen LogP contribution in [0.5, 0.6) is 0 Å². The van der Waals surface area contributed by atoms with Crippen molar-refractivity contribution >= 4 is 0 Å². The molecule has 3 aromatic rings. The van der Waals surface area contributed by atoms with Crippen LogP contribution in [-0.2, 0) is 16.8 Å². The van der Waals surface area contributed by atoms with Gasteiger partial charge in [0.2, 0.25) is 0 Å². The molecule has 0 spiro atoms. The van der Waals surface area contributed by atoms with Gasteiger partial charge >= 0.3 is 0 Å². The van der Waals surface area contributed by atoms with E-state index in [2.05, 4.69) is 47.1 Å². The third-order valence-corrected chi connectivity index (χ3v) is 4.97. The lowest BCUT2D eigenvalue weighted by Gasteiger charge is -2.22. The van der Waals surface area contributed by atoms with Crippen LogP contribution in [0.2, 0.25) is 0 Å². The Labute approximate surface area is 160 Å². The molecular formula is C21H27N5O. The first-order valence-corrected chi connectivity index (χ1v) is 9.63. The van der Waals surface area contributed by atoms with Gasteiger partial charge in [-0.05, 0) is 33.6 Å². The number of hydrogen-bond acceptors (Lipinski definition) is 4. The normalized spacial score (nSPS) is 16.0. The number of aromatic nitrogens is 5. The molecular weight excluding hydrogens is 338 g/mol. The van der Waals surface area contributed by atoms with E-state index in [1.54, 1.807) is 0 Å². The predicted molar refractivity (Wildman–Crippen MR) is 105 cm³/mol. The SMILES string of the molecule is CC(C)(C)n1nc(C2CCOCC2)nc1Cn1ccnc1-c1ccccc1. The van der Waals surface area contributed by atoms with Gasteiger partial charge in [0.15, 0.2) is 5.82 Å². The van der Waals surface area contributed by atoms with Crippen molar-refractivity contribution in [2.45, 2.75) is 51.6 Å². The van der Waals surface area contributed by atoms with E-state index in [1.807, 2.05) is 30.6 Å². The Morgan fingerprint density at radius 1 is 1.11 bits per heavy atom. The summed E-state index contributed by atoms with van der Waals surface area (Å²) in [6, 6.07) is 10.3. The van der Waals surface area contributed by atoms with Gasteiger partial charge in [0.25, 0.3) is 0 Å². The molecule has 1 aliphatic rings. The Hall–Kier alpha value is -2.47. The Kier molecular flexibility index (Phi) is 4.83. The molecule has 1 fully saturated rings. The summed E-state index contributed by atoms with van der Waals surface area (Å²) >= 11 is 0. The zero-order chi connectivity index (χ0) is 18.9. The van der Waals surface area contributed by atoms with E-state index in [0.29, 0.717) is 12.5 Å². The number of benzene rings is 1. The average molecular weight is 365 g/mol. The molecule has 0 bridgehead atoms. The predicted octanol–water partition coefficient (Wildman–Crippen LogP) is 3.84. The summed E-state index contributed by atoms with van der Waals surface area (Å²) < 4.78 is 9.72. The van der Waals surface area contributed by atoms with Crippen LogP contribution >= 0.6 is 0 Å². The summed E-state index contributed by atoms with van der Waals surface area (Å²) in [7, 11) is 0. The van der Waals surface area contributed by atoms with Gasteiger partial charge in [-0.25, -0.2) is 14.6 Å². The van der Waals surface area contributed by atoms with Crippen LogP contribution in [-0.4, -0.2) is 37.5 Å². The molecule has 0 radical (unpaired) electrons. The molecule has 1 saturated heterocycles. The Balaban J connectivity index is 1.68. The lowest BCUT2D eigenvalue weighted by molar-refractivity contribution is 0.0834. The summed E-state index contributed by atoms with van der Waals surface area (Å²) in [5.41, 5.74) is 0.980. The van der Waals surface area contributed by atoms with E-state index < -0.39 is 0 Å². The molecule has 27 heavy (non-hydrogen) atoms. The minimum Gasteiger partial charge on any atom is -0.381 e. The smallest absolute Gasteiger partial charge is 0.154 e. The maximum Gasteiger partial charge on any atom is 0.154 e. The monoisotopic (exact) mass is 365 g/mol.